The molecule has 0 aromatic carbocycles. The Balaban J connectivity index is 1.52. The highest BCUT2D eigenvalue weighted by Gasteiger charge is 2.70. The Hall–Kier alpha value is -2.84. The first-order chi connectivity index (χ1) is 17.5. The van der Waals surface area contributed by atoms with E-state index in [0.29, 0.717) is 12.5 Å². The van der Waals surface area contributed by atoms with Gasteiger partial charge in [0.2, 0.25) is 17.7 Å². The van der Waals surface area contributed by atoms with E-state index in [-0.39, 0.29) is 42.0 Å². The van der Waals surface area contributed by atoms with E-state index in [9.17, 15) is 37.6 Å². The first-order valence-electron chi connectivity index (χ1n) is 13.1. The molecule has 5 aliphatic rings. The fraction of sp³-hybridized carbons (Fsp3) is 0.808. The highest BCUT2D eigenvalue weighted by Crippen LogP contribution is 2.65. The van der Waals surface area contributed by atoms with Gasteiger partial charge in [0.1, 0.15) is 18.1 Å². The van der Waals surface area contributed by atoms with Crippen LogP contribution in [-0.4, -0.2) is 65.9 Å². The van der Waals surface area contributed by atoms with E-state index < -0.39 is 53.4 Å². The lowest BCUT2D eigenvalue weighted by atomic mass is 9.68. The van der Waals surface area contributed by atoms with Crippen molar-refractivity contribution in [3.05, 3.63) is 0 Å². The molecule has 3 aliphatic heterocycles. The van der Waals surface area contributed by atoms with Crippen molar-refractivity contribution in [3.63, 3.8) is 0 Å². The van der Waals surface area contributed by atoms with Gasteiger partial charge in [-0.15, -0.1) is 0 Å². The first-order valence-corrected chi connectivity index (χ1v) is 13.1. The number of piperidine rings is 1. The van der Waals surface area contributed by atoms with Gasteiger partial charge in [0, 0.05) is 19.0 Å². The van der Waals surface area contributed by atoms with Gasteiger partial charge in [-0.25, -0.2) is 0 Å². The normalized spacial score (nSPS) is 32.9. The number of amides is 4. The van der Waals surface area contributed by atoms with E-state index >= 15 is 0 Å². The summed E-state index contributed by atoms with van der Waals surface area (Å²) in [6.07, 6.45) is -3.22. The molecule has 0 radical (unpaired) electrons. The van der Waals surface area contributed by atoms with E-state index in [0.717, 1.165) is 12.8 Å². The molecule has 2 bridgehead atoms. The third-order valence-corrected chi connectivity index (χ3v) is 9.11. The van der Waals surface area contributed by atoms with Crippen LogP contribution >= 0.6 is 0 Å². The Morgan fingerprint density at radius 2 is 1.82 bits per heavy atom. The number of nitriles is 1. The minimum Gasteiger partial charge on any atom is -0.356 e. The van der Waals surface area contributed by atoms with Crippen molar-refractivity contribution in [2.45, 2.75) is 78.2 Å². The molecular weight excluding hydrogens is 503 g/mol. The fourth-order valence-corrected chi connectivity index (χ4v) is 6.67. The number of carbonyl (C=O) groups excluding carboxylic acids is 4. The maximum Gasteiger partial charge on any atom is 0.471 e. The second-order valence-corrected chi connectivity index (χ2v) is 13.0. The molecule has 3 saturated heterocycles. The first kappa shape index (κ1) is 28.2. The summed E-state index contributed by atoms with van der Waals surface area (Å²) in [6.45, 7) is 9.31. The fourth-order valence-electron chi connectivity index (χ4n) is 6.67. The van der Waals surface area contributed by atoms with E-state index in [1.165, 1.54) is 25.7 Å². The number of hydrogen-bond acceptors (Lipinski definition) is 5. The van der Waals surface area contributed by atoms with Crippen LogP contribution in [0.25, 0.3) is 0 Å². The van der Waals surface area contributed by atoms with Crippen molar-refractivity contribution in [2.24, 2.45) is 40.4 Å². The van der Waals surface area contributed by atoms with Gasteiger partial charge in [-0.3, -0.25) is 19.2 Å². The quantitative estimate of drug-likeness (QED) is 0.473. The van der Waals surface area contributed by atoms with Gasteiger partial charge in [-0.1, -0.05) is 34.6 Å². The smallest absolute Gasteiger partial charge is 0.356 e. The van der Waals surface area contributed by atoms with Crippen LogP contribution in [0.15, 0.2) is 0 Å². The lowest BCUT2D eigenvalue weighted by Gasteiger charge is -2.38. The van der Waals surface area contributed by atoms with Crippen LogP contribution in [0, 0.1) is 51.8 Å². The number of carbonyl (C=O) groups is 4. The molecule has 6 atom stereocenters. The van der Waals surface area contributed by atoms with Crippen molar-refractivity contribution in [1.29, 1.82) is 5.26 Å². The molecule has 2 aliphatic carbocycles. The van der Waals surface area contributed by atoms with E-state index in [1.54, 1.807) is 0 Å². The third-order valence-electron chi connectivity index (χ3n) is 9.11. The predicted molar refractivity (Wildman–Crippen MR) is 129 cm³/mol. The van der Waals surface area contributed by atoms with Crippen molar-refractivity contribution in [3.8, 4) is 6.07 Å². The summed E-state index contributed by atoms with van der Waals surface area (Å²) in [5, 5.41) is 17.2. The van der Waals surface area contributed by atoms with E-state index in [4.69, 9.17) is 0 Å². The summed E-state index contributed by atoms with van der Waals surface area (Å²) in [7, 11) is 0. The van der Waals surface area contributed by atoms with Gasteiger partial charge >= 0.3 is 12.1 Å². The molecule has 0 aromatic rings. The molecule has 5 fully saturated rings. The van der Waals surface area contributed by atoms with Crippen molar-refractivity contribution in [2.75, 3.05) is 13.1 Å². The minimum atomic E-state index is -5.17. The Morgan fingerprint density at radius 3 is 2.37 bits per heavy atom. The Morgan fingerprint density at radius 1 is 1.18 bits per heavy atom. The lowest BCUT2D eigenvalue weighted by Crippen LogP contribution is -2.61. The number of alkyl halides is 3. The topological polar surface area (TPSA) is 131 Å². The number of halogens is 3. The van der Waals surface area contributed by atoms with Gasteiger partial charge < -0.3 is 20.9 Å². The molecule has 3 N–H and O–H groups in total. The van der Waals surface area contributed by atoms with Crippen molar-refractivity contribution in [1.82, 2.24) is 20.9 Å². The van der Waals surface area contributed by atoms with Gasteiger partial charge in [-0.05, 0) is 53.8 Å². The second kappa shape index (κ2) is 9.42. The minimum absolute atomic E-state index is 0.0405. The molecule has 0 aromatic heterocycles. The largest absolute Gasteiger partial charge is 0.471 e. The summed E-state index contributed by atoms with van der Waals surface area (Å²) >= 11 is 0. The maximum absolute atomic E-state index is 13.6. The van der Waals surface area contributed by atoms with E-state index in [1.807, 2.05) is 19.2 Å². The average Bonchev–Trinajstić information content (AvgIpc) is 3.17. The van der Waals surface area contributed by atoms with Crippen molar-refractivity contribution >= 4 is 23.6 Å². The van der Waals surface area contributed by atoms with Gasteiger partial charge in [0.05, 0.1) is 6.07 Å². The van der Waals surface area contributed by atoms with Crippen LogP contribution in [0.2, 0.25) is 0 Å². The van der Waals surface area contributed by atoms with Crippen LogP contribution in [0.1, 0.15) is 53.9 Å². The highest BCUT2D eigenvalue weighted by molar-refractivity contribution is 5.95. The summed E-state index contributed by atoms with van der Waals surface area (Å²) in [5.41, 5.74) is -1.33. The maximum atomic E-state index is 13.6. The van der Waals surface area contributed by atoms with Gasteiger partial charge in [0.25, 0.3) is 0 Å². The van der Waals surface area contributed by atoms with E-state index in [2.05, 4.69) is 16.7 Å². The molecule has 3 heterocycles. The monoisotopic (exact) mass is 539 g/mol. The second-order valence-electron chi connectivity index (χ2n) is 13.0. The molecule has 12 heteroatoms. The Bertz CT molecular complexity index is 1060. The summed E-state index contributed by atoms with van der Waals surface area (Å²) in [6, 6.07) is -1.40. The number of fused-ring (bicyclic) bond motifs is 4. The Kier molecular flexibility index (Phi) is 6.98. The van der Waals surface area contributed by atoms with Gasteiger partial charge in [-0.2, -0.15) is 18.4 Å². The van der Waals surface area contributed by atoms with Crippen LogP contribution < -0.4 is 16.0 Å². The zero-order chi connectivity index (χ0) is 28.4. The molecule has 6 unspecified atom stereocenters. The number of nitrogens with one attached hydrogen (secondary N) is 3. The number of rotatable bonds is 6. The number of nitrogens with zero attached hydrogens (tertiary/aromatic N) is 2. The zero-order valence-corrected chi connectivity index (χ0v) is 22.3. The molecule has 4 amide bonds. The predicted octanol–water partition coefficient (Wildman–Crippen LogP) is 1.73. The van der Waals surface area contributed by atoms with Crippen molar-refractivity contribution < 1.29 is 32.3 Å². The standard InChI is InChI=1S/C26H36F3N5O4/c1-24(2,3)19(33-23(38)26(27,28)29)22(37)34-11-16-17(25(16,4)5)18(34)21(36)32-14(9-30)8-15-13-6-12(7-13)10-31-20(15)35/h12-19H,6-8,10-11H2,1-5H3,(H,31,35)(H,32,36)(H,33,38). The number of hydrogen-bond donors (Lipinski definition) is 3. The molecule has 2 saturated carbocycles. The van der Waals surface area contributed by atoms with Crippen LogP contribution in [0.3, 0.4) is 0 Å². The average molecular weight is 540 g/mol. The van der Waals surface area contributed by atoms with Crippen LogP contribution in [0.5, 0.6) is 0 Å². The highest BCUT2D eigenvalue weighted by atomic mass is 19.4. The molecule has 0 spiro atoms. The number of likely N-dealkylation sites (tertiary alicyclic amines) is 1. The molecule has 9 nitrogen and oxygen atoms in total. The molecule has 5 rings (SSSR count). The third kappa shape index (κ3) is 5.08. The molecule has 38 heavy (non-hydrogen) atoms. The van der Waals surface area contributed by atoms with Gasteiger partial charge in [0.15, 0.2) is 0 Å². The SMILES string of the molecule is CC(C)(C)C(NC(=O)C(F)(F)F)C(=O)N1CC2C(C1C(=O)NC(C#N)CC1C(=O)NCC3CC1C3)C2(C)C. The summed E-state index contributed by atoms with van der Waals surface area (Å²) < 4.78 is 39.0. The van der Waals surface area contributed by atoms with Crippen LogP contribution in [-0.2, 0) is 19.2 Å². The molecule has 210 valence electrons. The summed E-state index contributed by atoms with van der Waals surface area (Å²) in [5.74, 6) is -3.75. The zero-order valence-electron chi connectivity index (χ0n) is 22.3. The summed E-state index contributed by atoms with van der Waals surface area (Å²) in [4.78, 5) is 52.7. The lowest BCUT2D eigenvalue weighted by molar-refractivity contribution is -0.176. The Labute approximate surface area is 220 Å². The molecular formula is C26H36F3N5O4. The van der Waals surface area contributed by atoms with Crippen LogP contribution in [0.4, 0.5) is 13.2 Å².